The van der Waals surface area contributed by atoms with Gasteiger partial charge in [-0.3, -0.25) is 9.59 Å². The van der Waals surface area contributed by atoms with Crippen molar-refractivity contribution in [3.05, 3.63) is 83.4 Å². The third-order valence-electron chi connectivity index (χ3n) is 4.62. The van der Waals surface area contributed by atoms with Gasteiger partial charge in [0, 0.05) is 12.1 Å². The number of ether oxygens (including phenoxy) is 1. The fourth-order valence-electron chi connectivity index (χ4n) is 3.21. The standard InChI is InChI=1S/C22H21NO4/c1-4-13-23-19(15-9-11-17(27-3)12-10-15)18(21(25)22(23)26)20(24)16-7-5-14(2)6-8-16/h4-12,19,24H,1,13H2,2-3H3/b20-18+/t19-/m0/s1. The van der Waals surface area contributed by atoms with Crippen molar-refractivity contribution in [2.24, 2.45) is 0 Å². The molecule has 0 unspecified atom stereocenters. The molecular formula is C22H21NO4. The molecule has 1 aliphatic rings. The van der Waals surface area contributed by atoms with Crippen LogP contribution in [0.3, 0.4) is 0 Å². The second-order valence-corrected chi connectivity index (χ2v) is 6.38. The normalized spacial score (nSPS) is 18.6. The van der Waals surface area contributed by atoms with E-state index in [2.05, 4.69) is 6.58 Å². The van der Waals surface area contributed by atoms with E-state index in [4.69, 9.17) is 4.74 Å². The maximum absolute atomic E-state index is 12.7. The molecule has 27 heavy (non-hydrogen) atoms. The number of aliphatic hydroxyl groups is 1. The first-order chi connectivity index (χ1) is 13.0. The molecule has 138 valence electrons. The summed E-state index contributed by atoms with van der Waals surface area (Å²) in [6.07, 6.45) is 1.56. The van der Waals surface area contributed by atoms with Crippen LogP contribution in [0.5, 0.6) is 5.75 Å². The second-order valence-electron chi connectivity index (χ2n) is 6.38. The van der Waals surface area contributed by atoms with Gasteiger partial charge in [0.2, 0.25) is 0 Å². The Hall–Kier alpha value is -3.34. The van der Waals surface area contributed by atoms with Gasteiger partial charge < -0.3 is 14.7 Å². The Balaban J connectivity index is 2.16. The van der Waals surface area contributed by atoms with E-state index >= 15 is 0 Å². The van der Waals surface area contributed by atoms with Crippen molar-refractivity contribution in [3.63, 3.8) is 0 Å². The highest BCUT2D eigenvalue weighted by molar-refractivity contribution is 6.46. The summed E-state index contributed by atoms with van der Waals surface area (Å²) in [4.78, 5) is 26.7. The smallest absolute Gasteiger partial charge is 0.295 e. The van der Waals surface area contributed by atoms with E-state index in [0.29, 0.717) is 16.9 Å². The number of hydrogen-bond acceptors (Lipinski definition) is 4. The maximum Gasteiger partial charge on any atom is 0.295 e. The van der Waals surface area contributed by atoms with Crippen molar-refractivity contribution in [1.29, 1.82) is 0 Å². The molecule has 0 aliphatic carbocycles. The molecule has 1 heterocycles. The summed E-state index contributed by atoms with van der Waals surface area (Å²) < 4.78 is 5.18. The highest BCUT2D eigenvalue weighted by Crippen LogP contribution is 2.39. The van der Waals surface area contributed by atoms with Gasteiger partial charge in [-0.2, -0.15) is 0 Å². The fourth-order valence-corrected chi connectivity index (χ4v) is 3.21. The summed E-state index contributed by atoms with van der Waals surface area (Å²) in [5, 5.41) is 10.8. The minimum Gasteiger partial charge on any atom is -0.507 e. The Bertz CT molecular complexity index is 910. The second kappa shape index (κ2) is 7.50. The number of aliphatic hydroxyl groups excluding tert-OH is 1. The number of benzene rings is 2. The quantitative estimate of drug-likeness (QED) is 0.381. The van der Waals surface area contributed by atoms with E-state index in [-0.39, 0.29) is 17.9 Å². The van der Waals surface area contributed by atoms with Gasteiger partial charge in [0.05, 0.1) is 18.7 Å². The summed E-state index contributed by atoms with van der Waals surface area (Å²) in [5.41, 5.74) is 2.32. The van der Waals surface area contributed by atoms with Crippen molar-refractivity contribution in [1.82, 2.24) is 4.90 Å². The van der Waals surface area contributed by atoms with Gasteiger partial charge in [0.15, 0.2) is 0 Å². The summed E-state index contributed by atoms with van der Waals surface area (Å²) in [5.74, 6) is -0.862. The molecule has 5 nitrogen and oxygen atoms in total. The van der Waals surface area contributed by atoms with Crippen molar-refractivity contribution in [3.8, 4) is 5.75 Å². The van der Waals surface area contributed by atoms with Crippen molar-refractivity contribution in [2.45, 2.75) is 13.0 Å². The van der Waals surface area contributed by atoms with Gasteiger partial charge in [-0.15, -0.1) is 6.58 Å². The number of Topliss-reactive ketones (excluding diaryl/α,β-unsaturated/α-hetero) is 1. The zero-order valence-electron chi connectivity index (χ0n) is 15.3. The van der Waals surface area contributed by atoms with E-state index in [9.17, 15) is 14.7 Å². The van der Waals surface area contributed by atoms with E-state index in [0.717, 1.165) is 5.56 Å². The van der Waals surface area contributed by atoms with Crippen LogP contribution in [0.1, 0.15) is 22.7 Å². The number of ketones is 1. The average molecular weight is 363 g/mol. The number of methoxy groups -OCH3 is 1. The molecule has 0 spiro atoms. The predicted molar refractivity (Wildman–Crippen MR) is 103 cm³/mol. The Morgan fingerprint density at radius 3 is 2.33 bits per heavy atom. The third-order valence-corrected chi connectivity index (χ3v) is 4.62. The molecule has 1 amide bonds. The first-order valence-electron chi connectivity index (χ1n) is 8.58. The van der Waals surface area contributed by atoms with Gasteiger partial charge in [-0.25, -0.2) is 0 Å². The van der Waals surface area contributed by atoms with Gasteiger partial charge in [0.25, 0.3) is 11.7 Å². The monoisotopic (exact) mass is 363 g/mol. The van der Waals surface area contributed by atoms with Crippen LogP contribution in [0.25, 0.3) is 5.76 Å². The highest BCUT2D eigenvalue weighted by Gasteiger charge is 2.45. The van der Waals surface area contributed by atoms with Crippen molar-refractivity contribution >= 4 is 17.4 Å². The largest absolute Gasteiger partial charge is 0.507 e. The van der Waals surface area contributed by atoms with Crippen LogP contribution in [0.2, 0.25) is 0 Å². The van der Waals surface area contributed by atoms with Crippen LogP contribution in [-0.2, 0) is 9.59 Å². The predicted octanol–water partition coefficient (Wildman–Crippen LogP) is 3.61. The summed E-state index contributed by atoms with van der Waals surface area (Å²) in [7, 11) is 1.57. The zero-order chi connectivity index (χ0) is 19.6. The van der Waals surface area contributed by atoms with Gasteiger partial charge in [0.1, 0.15) is 11.5 Å². The molecular weight excluding hydrogens is 342 g/mol. The minimum absolute atomic E-state index is 0.0795. The van der Waals surface area contributed by atoms with Crippen molar-refractivity contribution < 1.29 is 19.4 Å². The molecule has 2 aromatic rings. The molecule has 1 aliphatic heterocycles. The summed E-state index contributed by atoms with van der Waals surface area (Å²) in [6, 6.07) is 13.6. The lowest BCUT2D eigenvalue weighted by Crippen LogP contribution is -2.29. The zero-order valence-corrected chi connectivity index (χ0v) is 15.3. The van der Waals surface area contributed by atoms with Crippen molar-refractivity contribution in [2.75, 3.05) is 13.7 Å². The lowest BCUT2D eigenvalue weighted by molar-refractivity contribution is -0.139. The Labute approximate surface area is 158 Å². The first-order valence-corrected chi connectivity index (χ1v) is 8.58. The number of likely N-dealkylation sites (tertiary alicyclic amines) is 1. The number of carbonyl (C=O) groups excluding carboxylic acids is 2. The van der Waals surface area contributed by atoms with Crippen LogP contribution in [-0.4, -0.2) is 35.4 Å². The molecule has 1 saturated heterocycles. The first kappa shape index (κ1) is 18.5. The molecule has 0 radical (unpaired) electrons. The van der Waals surface area contributed by atoms with Crippen LogP contribution in [0.15, 0.2) is 66.8 Å². The summed E-state index contributed by atoms with van der Waals surface area (Å²) >= 11 is 0. The fraction of sp³-hybridized carbons (Fsp3) is 0.182. The Morgan fingerprint density at radius 2 is 1.78 bits per heavy atom. The minimum atomic E-state index is -0.698. The number of carbonyl (C=O) groups is 2. The van der Waals surface area contributed by atoms with E-state index in [1.807, 2.05) is 19.1 Å². The molecule has 0 saturated carbocycles. The molecule has 1 atom stereocenters. The maximum atomic E-state index is 12.7. The highest BCUT2D eigenvalue weighted by atomic mass is 16.5. The van der Waals surface area contributed by atoms with Crippen LogP contribution in [0.4, 0.5) is 0 Å². The SMILES string of the molecule is C=CCN1C(=O)C(=O)/C(=C(/O)c2ccc(C)cc2)[C@@H]1c1ccc(OC)cc1. The van der Waals surface area contributed by atoms with Crippen LogP contribution in [0, 0.1) is 6.92 Å². The average Bonchev–Trinajstić information content (AvgIpc) is 2.93. The van der Waals surface area contributed by atoms with Crippen LogP contribution >= 0.6 is 0 Å². The molecule has 1 fully saturated rings. The molecule has 3 rings (SSSR count). The number of aryl methyl sites for hydroxylation is 1. The van der Waals surface area contributed by atoms with Crippen LogP contribution < -0.4 is 4.74 Å². The topological polar surface area (TPSA) is 66.8 Å². The molecule has 0 bridgehead atoms. The number of hydrogen-bond donors (Lipinski definition) is 1. The lowest BCUT2D eigenvalue weighted by Gasteiger charge is -2.24. The Morgan fingerprint density at radius 1 is 1.15 bits per heavy atom. The third kappa shape index (κ3) is 3.36. The molecule has 5 heteroatoms. The van der Waals surface area contributed by atoms with Gasteiger partial charge in [-0.1, -0.05) is 48.0 Å². The number of nitrogens with zero attached hydrogens (tertiary/aromatic N) is 1. The molecule has 1 N–H and O–H groups in total. The lowest BCUT2D eigenvalue weighted by atomic mass is 9.95. The molecule has 2 aromatic carbocycles. The van der Waals surface area contributed by atoms with E-state index < -0.39 is 17.7 Å². The van der Waals surface area contributed by atoms with E-state index in [1.54, 1.807) is 49.6 Å². The summed E-state index contributed by atoms with van der Waals surface area (Å²) in [6.45, 7) is 5.81. The number of amides is 1. The van der Waals surface area contributed by atoms with E-state index in [1.165, 1.54) is 4.90 Å². The van der Waals surface area contributed by atoms with Gasteiger partial charge in [-0.05, 0) is 24.6 Å². The Kier molecular flexibility index (Phi) is 5.12. The number of rotatable bonds is 5. The molecule has 0 aromatic heterocycles. The van der Waals surface area contributed by atoms with Gasteiger partial charge >= 0.3 is 0 Å².